The van der Waals surface area contributed by atoms with Gasteiger partial charge in [0.2, 0.25) is 17.6 Å². The second-order valence-electron chi connectivity index (χ2n) is 10.5. The van der Waals surface area contributed by atoms with Crippen molar-refractivity contribution in [2.24, 2.45) is 0 Å². The smallest absolute Gasteiger partial charge is 0.292 e. The maximum Gasteiger partial charge on any atom is 0.292 e. The van der Waals surface area contributed by atoms with Gasteiger partial charge in [0.15, 0.2) is 5.89 Å². The van der Waals surface area contributed by atoms with Gasteiger partial charge in [-0.15, -0.1) is 0 Å². The fourth-order valence-corrected chi connectivity index (χ4v) is 6.31. The minimum Gasteiger partial charge on any atom is -0.494 e. The van der Waals surface area contributed by atoms with Crippen molar-refractivity contribution >= 4 is 23.4 Å². The molecule has 4 heterocycles. The fourth-order valence-electron chi connectivity index (χ4n) is 6.31. The van der Waals surface area contributed by atoms with Crippen molar-refractivity contribution in [3.05, 3.63) is 77.0 Å². The number of aromatic nitrogens is 1. The maximum absolute atomic E-state index is 14.6. The first kappa shape index (κ1) is 25.2. The fraction of sp³-hybridized carbons (Fsp3) is 0.400. The highest BCUT2D eigenvalue weighted by atomic mass is 16.5. The lowest BCUT2D eigenvalue weighted by molar-refractivity contribution is -0.131. The Hall–Kier alpha value is -4.14. The number of rotatable bonds is 2. The van der Waals surface area contributed by atoms with E-state index in [4.69, 9.17) is 9.15 Å². The third-order valence-electron chi connectivity index (χ3n) is 8.23. The highest BCUT2D eigenvalue weighted by molar-refractivity contribution is 6.12. The number of para-hydroxylation sites is 1. The van der Waals surface area contributed by atoms with Crippen molar-refractivity contribution < 1.29 is 23.5 Å². The van der Waals surface area contributed by atoms with Crippen LogP contribution >= 0.6 is 0 Å². The second-order valence-corrected chi connectivity index (χ2v) is 10.5. The summed E-state index contributed by atoms with van der Waals surface area (Å²) in [5, 5.41) is 0. The molecule has 1 spiro atoms. The minimum atomic E-state index is -1.06. The number of anilines is 1. The largest absolute Gasteiger partial charge is 0.494 e. The Morgan fingerprint density at radius 1 is 1.13 bits per heavy atom. The van der Waals surface area contributed by atoms with E-state index in [-0.39, 0.29) is 30.0 Å². The number of ether oxygens (including phenoxy) is 1. The molecule has 0 saturated carbocycles. The van der Waals surface area contributed by atoms with E-state index in [1.807, 2.05) is 55.5 Å². The van der Waals surface area contributed by atoms with E-state index < -0.39 is 11.5 Å². The zero-order valence-corrected chi connectivity index (χ0v) is 22.5. The number of likely N-dealkylation sites (tertiary alicyclic amines) is 1. The molecule has 0 N–H and O–H groups in total. The number of fused-ring (bicyclic) bond motifs is 6. The van der Waals surface area contributed by atoms with Crippen molar-refractivity contribution in [1.82, 2.24) is 14.8 Å². The number of carbonyl (C=O) groups is 3. The first-order chi connectivity index (χ1) is 18.8. The highest BCUT2D eigenvalue weighted by Gasteiger charge is 2.62. The van der Waals surface area contributed by atoms with E-state index in [1.165, 1.54) is 0 Å². The first-order valence-corrected chi connectivity index (χ1v) is 13.5. The molecule has 202 valence electrons. The molecule has 0 radical (unpaired) electrons. The standard InChI is InChI=1S/C30H32N4O5/c1-4-24-31-19(2)26(39-24)28(36)33-15-13-30-22-11-5-6-12-23(22)34(29(30)37)18-25(35)32(3)14-8-16-38-21-10-7-9-20(17-21)27(30)33/h5-7,9-12,17,27H,4,8,13-16,18H2,1-3H3/t27-,30+/m0/s1. The van der Waals surface area contributed by atoms with Crippen LogP contribution in [0.25, 0.3) is 0 Å². The maximum atomic E-state index is 14.6. The summed E-state index contributed by atoms with van der Waals surface area (Å²) in [4.78, 5) is 51.3. The van der Waals surface area contributed by atoms with Gasteiger partial charge in [0.05, 0.1) is 18.3 Å². The van der Waals surface area contributed by atoms with Crippen LogP contribution in [0.5, 0.6) is 5.75 Å². The molecular formula is C30H32N4O5. The van der Waals surface area contributed by atoms with Crippen LogP contribution < -0.4 is 9.64 Å². The Morgan fingerprint density at radius 3 is 2.74 bits per heavy atom. The van der Waals surface area contributed by atoms with Gasteiger partial charge in [-0.3, -0.25) is 14.4 Å². The highest BCUT2D eigenvalue weighted by Crippen LogP contribution is 2.57. The number of benzene rings is 2. The summed E-state index contributed by atoms with van der Waals surface area (Å²) in [5.41, 5.74) is 1.82. The van der Waals surface area contributed by atoms with E-state index in [2.05, 4.69) is 4.98 Å². The topological polar surface area (TPSA) is 96.2 Å². The Labute approximate surface area is 227 Å². The quantitative estimate of drug-likeness (QED) is 0.504. The van der Waals surface area contributed by atoms with Crippen molar-refractivity contribution in [1.29, 1.82) is 0 Å². The van der Waals surface area contributed by atoms with Crippen LogP contribution in [0.4, 0.5) is 5.69 Å². The summed E-state index contributed by atoms with van der Waals surface area (Å²) in [6.07, 6.45) is 1.64. The minimum absolute atomic E-state index is 0.0588. The first-order valence-electron chi connectivity index (χ1n) is 13.5. The molecule has 9 heteroatoms. The predicted octanol–water partition coefficient (Wildman–Crippen LogP) is 3.66. The van der Waals surface area contributed by atoms with Gasteiger partial charge in [-0.05, 0) is 49.1 Å². The summed E-state index contributed by atoms with van der Waals surface area (Å²) in [7, 11) is 1.75. The molecule has 3 aliphatic heterocycles. The monoisotopic (exact) mass is 528 g/mol. The van der Waals surface area contributed by atoms with Crippen molar-refractivity contribution in [3.63, 3.8) is 0 Å². The van der Waals surface area contributed by atoms with Crippen LogP contribution in [-0.2, 0) is 21.4 Å². The Balaban J connectivity index is 1.54. The van der Waals surface area contributed by atoms with E-state index in [0.29, 0.717) is 56.3 Å². The van der Waals surface area contributed by atoms with Crippen LogP contribution in [-0.4, -0.2) is 65.8 Å². The van der Waals surface area contributed by atoms with E-state index in [1.54, 1.807) is 28.7 Å². The number of hydrogen-bond acceptors (Lipinski definition) is 6. The number of carbonyl (C=O) groups excluding carboxylic acids is 3. The molecule has 3 aromatic rings. The summed E-state index contributed by atoms with van der Waals surface area (Å²) in [6.45, 7) is 4.95. The number of amides is 3. The van der Waals surface area contributed by atoms with Gasteiger partial charge in [0.25, 0.3) is 5.91 Å². The van der Waals surface area contributed by atoms with E-state index in [9.17, 15) is 14.4 Å². The molecular weight excluding hydrogens is 496 g/mol. The molecule has 2 aromatic carbocycles. The average Bonchev–Trinajstić information content (AvgIpc) is 3.60. The molecule has 1 fully saturated rings. The Morgan fingerprint density at radius 2 is 1.95 bits per heavy atom. The van der Waals surface area contributed by atoms with Crippen molar-refractivity contribution in [3.8, 4) is 5.75 Å². The molecule has 0 aliphatic carbocycles. The molecule has 1 saturated heterocycles. The molecule has 4 bridgehead atoms. The number of likely N-dealkylation sites (N-methyl/N-ethyl adjacent to an activating group) is 1. The Kier molecular flexibility index (Phi) is 6.16. The zero-order valence-electron chi connectivity index (χ0n) is 22.5. The van der Waals surface area contributed by atoms with Crippen LogP contribution in [0.2, 0.25) is 0 Å². The molecule has 6 rings (SSSR count). The van der Waals surface area contributed by atoms with Crippen LogP contribution in [0.1, 0.15) is 59.1 Å². The lowest BCUT2D eigenvalue weighted by Crippen LogP contribution is -2.48. The van der Waals surface area contributed by atoms with E-state index in [0.717, 1.165) is 16.8 Å². The molecule has 1 aromatic heterocycles. The second kappa shape index (κ2) is 9.55. The number of nitrogens with zero attached hydrogens (tertiary/aromatic N) is 4. The van der Waals surface area contributed by atoms with Crippen LogP contribution in [0, 0.1) is 6.92 Å². The molecule has 3 amide bonds. The van der Waals surface area contributed by atoms with Crippen molar-refractivity contribution in [2.45, 2.75) is 44.6 Å². The average molecular weight is 529 g/mol. The lowest BCUT2D eigenvalue weighted by atomic mass is 9.72. The molecule has 2 atom stereocenters. The SMILES string of the molecule is CCc1nc(C)c(C(=O)N2CC[C@]34C(=O)N(CC(=O)N(C)CCCOc5cccc(c5)[C@H]23)c2ccccc24)o1. The summed E-state index contributed by atoms with van der Waals surface area (Å²) >= 11 is 0. The molecule has 39 heavy (non-hydrogen) atoms. The number of oxazole rings is 1. The Bertz CT molecular complexity index is 1470. The normalized spacial score (nSPS) is 22.8. The van der Waals surface area contributed by atoms with Gasteiger partial charge >= 0.3 is 0 Å². The van der Waals surface area contributed by atoms with Gasteiger partial charge in [0.1, 0.15) is 17.7 Å². The molecule has 0 unspecified atom stereocenters. The van der Waals surface area contributed by atoms with Gasteiger partial charge in [-0.1, -0.05) is 37.3 Å². The summed E-state index contributed by atoms with van der Waals surface area (Å²) < 4.78 is 11.9. The van der Waals surface area contributed by atoms with Crippen LogP contribution in [0.15, 0.2) is 52.9 Å². The number of hydrogen-bond donors (Lipinski definition) is 0. The van der Waals surface area contributed by atoms with Gasteiger partial charge in [-0.25, -0.2) is 4.98 Å². The summed E-state index contributed by atoms with van der Waals surface area (Å²) in [5.74, 6) is 0.752. The zero-order chi connectivity index (χ0) is 27.3. The molecule has 3 aliphatic rings. The number of aryl methyl sites for hydroxylation is 2. The van der Waals surface area contributed by atoms with Crippen LogP contribution in [0.3, 0.4) is 0 Å². The predicted molar refractivity (Wildman–Crippen MR) is 144 cm³/mol. The van der Waals surface area contributed by atoms with Gasteiger partial charge in [-0.2, -0.15) is 0 Å². The lowest BCUT2D eigenvalue weighted by Gasteiger charge is -2.35. The molecule has 9 nitrogen and oxygen atoms in total. The van der Waals surface area contributed by atoms with Crippen molar-refractivity contribution in [2.75, 3.05) is 38.2 Å². The third kappa shape index (κ3) is 3.90. The summed E-state index contributed by atoms with van der Waals surface area (Å²) in [6, 6.07) is 14.7. The third-order valence-corrected chi connectivity index (χ3v) is 8.23. The van der Waals surface area contributed by atoms with Gasteiger partial charge in [0, 0.05) is 32.2 Å². The van der Waals surface area contributed by atoms with Gasteiger partial charge < -0.3 is 23.9 Å². The van der Waals surface area contributed by atoms with E-state index >= 15 is 0 Å².